The summed E-state index contributed by atoms with van der Waals surface area (Å²) in [6, 6.07) is 7.90. The third-order valence-electron chi connectivity index (χ3n) is 4.30. The van der Waals surface area contributed by atoms with Crippen molar-refractivity contribution in [3.63, 3.8) is 0 Å². The van der Waals surface area contributed by atoms with E-state index >= 15 is 0 Å². The minimum absolute atomic E-state index is 0.146. The number of Topliss-reactive ketones (excluding diaryl/α,β-unsaturated/α-hetero) is 1. The molecule has 2 rings (SSSR count). The third-order valence-corrected chi connectivity index (χ3v) is 4.30. The Bertz CT molecular complexity index is 523. The number of ether oxygens (including phenoxy) is 3. The highest BCUT2D eigenvalue weighted by molar-refractivity contribution is 5.83. The van der Waals surface area contributed by atoms with Gasteiger partial charge < -0.3 is 14.2 Å². The van der Waals surface area contributed by atoms with Crippen LogP contribution < -0.4 is 4.74 Å². The molecule has 4 heteroatoms. The molecule has 4 nitrogen and oxygen atoms in total. The second-order valence-corrected chi connectivity index (χ2v) is 6.48. The number of methoxy groups -OCH3 is 1. The average Bonchev–Trinajstić information content (AvgIpc) is 2.59. The van der Waals surface area contributed by atoms with E-state index in [0.29, 0.717) is 32.0 Å². The lowest BCUT2D eigenvalue weighted by Crippen LogP contribution is -2.36. The maximum atomic E-state index is 11.8. The minimum atomic E-state index is -0.298. The summed E-state index contributed by atoms with van der Waals surface area (Å²) in [7, 11) is 1.66. The number of rotatable bonds is 9. The average molecular weight is 332 g/mol. The van der Waals surface area contributed by atoms with Crippen LogP contribution in [0.1, 0.15) is 38.2 Å². The van der Waals surface area contributed by atoms with Crippen molar-refractivity contribution in [3.8, 4) is 5.75 Å². The van der Waals surface area contributed by atoms with Crippen molar-refractivity contribution in [1.82, 2.24) is 0 Å². The van der Waals surface area contributed by atoms with Gasteiger partial charge in [-0.15, -0.1) is 6.58 Å². The standard InChI is InChI=1S/C20H28O4/c1-4-5-20-19(21)11-10-18(24-20)12-15(2)13-23-14-16-6-8-17(22-3)9-7-16/h4,6-9,15,18,20H,1,5,10-14H2,2-3H3/t15-,18+,20-/m1/s1. The Kier molecular flexibility index (Phi) is 7.47. The Morgan fingerprint density at radius 1 is 1.38 bits per heavy atom. The van der Waals surface area contributed by atoms with E-state index in [9.17, 15) is 4.79 Å². The molecule has 24 heavy (non-hydrogen) atoms. The molecule has 1 aromatic carbocycles. The molecular weight excluding hydrogens is 304 g/mol. The van der Waals surface area contributed by atoms with E-state index in [2.05, 4.69) is 13.5 Å². The zero-order valence-corrected chi connectivity index (χ0v) is 14.7. The summed E-state index contributed by atoms with van der Waals surface area (Å²) in [6.45, 7) is 7.14. The number of ketones is 1. The van der Waals surface area contributed by atoms with Crippen molar-refractivity contribution >= 4 is 5.78 Å². The molecule has 1 aliphatic heterocycles. The highest BCUT2D eigenvalue weighted by Crippen LogP contribution is 2.24. The van der Waals surface area contributed by atoms with Gasteiger partial charge in [0.15, 0.2) is 5.78 Å². The lowest BCUT2D eigenvalue weighted by Gasteiger charge is -2.30. The lowest BCUT2D eigenvalue weighted by molar-refractivity contribution is -0.143. The quantitative estimate of drug-likeness (QED) is 0.643. The highest BCUT2D eigenvalue weighted by Gasteiger charge is 2.29. The van der Waals surface area contributed by atoms with Crippen molar-refractivity contribution in [1.29, 1.82) is 0 Å². The van der Waals surface area contributed by atoms with Gasteiger partial charge in [0.2, 0.25) is 0 Å². The van der Waals surface area contributed by atoms with Crippen LogP contribution in [0.5, 0.6) is 5.75 Å². The summed E-state index contributed by atoms with van der Waals surface area (Å²) >= 11 is 0. The number of benzene rings is 1. The molecule has 0 N–H and O–H groups in total. The topological polar surface area (TPSA) is 44.8 Å². The molecule has 1 heterocycles. The molecule has 0 aliphatic carbocycles. The van der Waals surface area contributed by atoms with Crippen LogP contribution in [0.25, 0.3) is 0 Å². The molecule has 1 saturated heterocycles. The first-order valence-corrected chi connectivity index (χ1v) is 8.62. The van der Waals surface area contributed by atoms with Crippen LogP contribution in [0.3, 0.4) is 0 Å². The summed E-state index contributed by atoms with van der Waals surface area (Å²) in [6.07, 6.45) is 4.56. The van der Waals surface area contributed by atoms with E-state index < -0.39 is 0 Å². The molecular formula is C20H28O4. The van der Waals surface area contributed by atoms with Gasteiger partial charge in [0, 0.05) is 13.0 Å². The van der Waals surface area contributed by atoms with E-state index in [1.165, 1.54) is 0 Å². The molecule has 0 bridgehead atoms. The molecule has 132 valence electrons. The monoisotopic (exact) mass is 332 g/mol. The fourth-order valence-electron chi connectivity index (χ4n) is 2.97. The summed E-state index contributed by atoms with van der Waals surface area (Å²) in [5.41, 5.74) is 1.13. The van der Waals surface area contributed by atoms with Crippen molar-refractivity contribution in [2.45, 2.75) is 51.4 Å². The summed E-state index contributed by atoms with van der Waals surface area (Å²) in [4.78, 5) is 11.8. The van der Waals surface area contributed by atoms with Gasteiger partial charge in [-0.25, -0.2) is 0 Å². The van der Waals surface area contributed by atoms with Crippen LogP contribution in [0.15, 0.2) is 36.9 Å². The molecule has 3 atom stereocenters. The zero-order chi connectivity index (χ0) is 17.4. The van der Waals surface area contributed by atoms with Gasteiger partial charge in [-0.1, -0.05) is 25.1 Å². The molecule has 0 aromatic heterocycles. The Morgan fingerprint density at radius 3 is 2.79 bits per heavy atom. The molecule has 1 aliphatic rings. The second kappa shape index (κ2) is 9.60. The fraction of sp³-hybridized carbons (Fsp3) is 0.550. The lowest BCUT2D eigenvalue weighted by atomic mass is 9.95. The van der Waals surface area contributed by atoms with Crippen molar-refractivity contribution in [2.24, 2.45) is 5.92 Å². The van der Waals surface area contributed by atoms with E-state index in [4.69, 9.17) is 14.2 Å². The van der Waals surface area contributed by atoms with E-state index in [1.54, 1.807) is 13.2 Å². The fourth-order valence-corrected chi connectivity index (χ4v) is 2.97. The third kappa shape index (κ3) is 5.77. The van der Waals surface area contributed by atoms with E-state index in [1.807, 2.05) is 24.3 Å². The SMILES string of the molecule is C=CC[C@H]1O[C@H](C[C@@H](C)COCc2ccc(OC)cc2)CCC1=O. The van der Waals surface area contributed by atoms with Crippen LogP contribution >= 0.6 is 0 Å². The van der Waals surface area contributed by atoms with Crippen molar-refractivity contribution < 1.29 is 19.0 Å². The summed E-state index contributed by atoms with van der Waals surface area (Å²) in [5.74, 6) is 1.45. The number of carbonyl (C=O) groups is 1. The van der Waals surface area contributed by atoms with E-state index in [-0.39, 0.29) is 18.0 Å². The van der Waals surface area contributed by atoms with Crippen molar-refractivity contribution in [3.05, 3.63) is 42.5 Å². The molecule has 0 saturated carbocycles. The molecule has 0 radical (unpaired) electrons. The minimum Gasteiger partial charge on any atom is -0.497 e. The van der Waals surface area contributed by atoms with Gasteiger partial charge in [0.25, 0.3) is 0 Å². The Morgan fingerprint density at radius 2 is 2.12 bits per heavy atom. The van der Waals surface area contributed by atoms with Gasteiger partial charge in [-0.05, 0) is 42.9 Å². The Hall–Kier alpha value is -1.65. The largest absolute Gasteiger partial charge is 0.497 e. The van der Waals surface area contributed by atoms with Crippen molar-refractivity contribution in [2.75, 3.05) is 13.7 Å². The van der Waals surface area contributed by atoms with Gasteiger partial charge >= 0.3 is 0 Å². The number of hydrogen-bond donors (Lipinski definition) is 0. The Balaban J connectivity index is 1.69. The molecule has 0 amide bonds. The van der Waals surface area contributed by atoms with Crippen LogP contribution in [0.2, 0.25) is 0 Å². The van der Waals surface area contributed by atoms with Crippen LogP contribution in [-0.4, -0.2) is 31.7 Å². The van der Waals surface area contributed by atoms with E-state index in [0.717, 1.165) is 24.2 Å². The smallest absolute Gasteiger partial charge is 0.161 e. The molecule has 0 unspecified atom stereocenters. The zero-order valence-electron chi connectivity index (χ0n) is 14.7. The van der Waals surface area contributed by atoms with Gasteiger partial charge in [0.1, 0.15) is 11.9 Å². The summed E-state index contributed by atoms with van der Waals surface area (Å²) < 4.78 is 16.9. The first kappa shape index (κ1) is 18.7. The Labute approximate surface area is 144 Å². The number of carbonyl (C=O) groups excluding carboxylic acids is 1. The maximum Gasteiger partial charge on any atom is 0.161 e. The normalized spacial score (nSPS) is 22.2. The molecule has 1 aromatic rings. The molecule has 0 spiro atoms. The first-order valence-electron chi connectivity index (χ1n) is 8.62. The van der Waals surface area contributed by atoms with Gasteiger partial charge in [-0.3, -0.25) is 4.79 Å². The second-order valence-electron chi connectivity index (χ2n) is 6.48. The predicted molar refractivity (Wildman–Crippen MR) is 94.1 cm³/mol. The highest BCUT2D eigenvalue weighted by atomic mass is 16.5. The first-order chi connectivity index (χ1) is 11.6. The van der Waals surface area contributed by atoms with Crippen LogP contribution in [0, 0.1) is 5.92 Å². The van der Waals surface area contributed by atoms with Gasteiger partial charge in [0.05, 0.1) is 19.8 Å². The molecule has 1 fully saturated rings. The predicted octanol–water partition coefficient (Wildman–Crippen LogP) is 3.93. The van der Waals surface area contributed by atoms with Crippen LogP contribution in [-0.2, 0) is 20.9 Å². The number of hydrogen-bond acceptors (Lipinski definition) is 4. The van der Waals surface area contributed by atoms with Gasteiger partial charge in [-0.2, -0.15) is 0 Å². The van der Waals surface area contributed by atoms with Crippen LogP contribution in [0.4, 0.5) is 0 Å². The summed E-state index contributed by atoms with van der Waals surface area (Å²) in [5, 5.41) is 0. The maximum absolute atomic E-state index is 11.8.